The van der Waals surface area contributed by atoms with Crippen LogP contribution in [-0.2, 0) is 6.11 Å². The average Bonchev–Trinajstić information content (AvgIpc) is 3.09. The van der Waals surface area contributed by atoms with Crippen molar-refractivity contribution in [2.24, 2.45) is 5.92 Å². The van der Waals surface area contributed by atoms with Crippen LogP contribution in [0.5, 0.6) is 5.75 Å². The molecule has 4 aromatic carbocycles. The number of unbranched alkanes of at least 4 members (excludes halogenated alkanes) is 8. The number of benzene rings is 4. The first-order valence-corrected chi connectivity index (χ1v) is 18.1. The fraction of sp³-hybridized carbons (Fsp3) is 0.429. The van der Waals surface area contributed by atoms with Gasteiger partial charge in [0.1, 0.15) is 28.8 Å². The molecule has 0 unspecified atom stereocenters. The van der Waals surface area contributed by atoms with Gasteiger partial charge in [0, 0.05) is 17.7 Å². The standard InChI is InChI=1S/C42H44F8O/c1-2-3-4-5-6-7-8-9-10-11-27-12-14-28(15-13-27)29-16-18-30(19-17-29)31-20-21-34(35(43)22-31)32-23-36(44)40(37(45)24-32)42(49,50)51-33-25-38(46)41(48)39(47)26-33/h16-28H,2-15H2,1H3. The summed E-state index contributed by atoms with van der Waals surface area (Å²) in [5, 5.41) is 0. The Balaban J connectivity index is 1.16. The summed E-state index contributed by atoms with van der Waals surface area (Å²) in [7, 11) is 0. The first-order chi connectivity index (χ1) is 24.5. The minimum Gasteiger partial charge on any atom is -0.429 e. The number of ether oxygens (including phenoxy) is 1. The van der Waals surface area contributed by atoms with Crippen molar-refractivity contribution >= 4 is 0 Å². The van der Waals surface area contributed by atoms with E-state index in [0.29, 0.717) is 23.6 Å². The van der Waals surface area contributed by atoms with Crippen molar-refractivity contribution in [2.45, 2.75) is 109 Å². The molecule has 9 heteroatoms. The Hall–Kier alpha value is -3.88. The van der Waals surface area contributed by atoms with Gasteiger partial charge in [-0.05, 0) is 78.0 Å². The zero-order valence-corrected chi connectivity index (χ0v) is 28.8. The molecule has 5 rings (SSSR count). The molecule has 0 saturated heterocycles. The summed E-state index contributed by atoms with van der Waals surface area (Å²) in [5.41, 5.74) is 0.0897. The van der Waals surface area contributed by atoms with E-state index in [9.17, 15) is 30.7 Å². The molecule has 0 N–H and O–H groups in total. The van der Waals surface area contributed by atoms with Crippen LogP contribution < -0.4 is 4.74 Å². The van der Waals surface area contributed by atoms with E-state index in [1.165, 1.54) is 94.7 Å². The molecular formula is C42H44F8O. The monoisotopic (exact) mass is 716 g/mol. The maximum Gasteiger partial charge on any atom is 0.432 e. The molecule has 0 amide bonds. The highest BCUT2D eigenvalue weighted by Gasteiger charge is 2.41. The predicted molar refractivity (Wildman–Crippen MR) is 185 cm³/mol. The summed E-state index contributed by atoms with van der Waals surface area (Å²) in [5.74, 6) is -9.88. The minimum atomic E-state index is -4.75. The molecule has 0 spiro atoms. The molecule has 1 fully saturated rings. The Labute approximate surface area is 295 Å². The van der Waals surface area contributed by atoms with Gasteiger partial charge in [-0.3, -0.25) is 0 Å². The van der Waals surface area contributed by atoms with E-state index >= 15 is 4.39 Å². The SMILES string of the molecule is CCCCCCCCCCCC1CCC(c2ccc(-c3ccc(-c4cc(F)c(C(F)(F)Oc5cc(F)c(F)c(F)c5)c(F)c4)c(F)c3)cc2)CC1. The number of hydrogen-bond acceptors (Lipinski definition) is 1. The van der Waals surface area contributed by atoms with Crippen LogP contribution in [0.1, 0.15) is 114 Å². The molecule has 1 aliphatic carbocycles. The van der Waals surface area contributed by atoms with Crippen LogP contribution in [0.2, 0.25) is 0 Å². The fourth-order valence-corrected chi connectivity index (χ4v) is 7.20. The van der Waals surface area contributed by atoms with Crippen molar-refractivity contribution in [2.75, 3.05) is 0 Å². The van der Waals surface area contributed by atoms with Gasteiger partial charge in [-0.15, -0.1) is 0 Å². The summed E-state index contributed by atoms with van der Waals surface area (Å²) in [6.45, 7) is 2.25. The third-order valence-corrected chi connectivity index (χ3v) is 10.1. The largest absolute Gasteiger partial charge is 0.432 e. The van der Waals surface area contributed by atoms with Crippen molar-refractivity contribution in [3.8, 4) is 28.0 Å². The Morgan fingerprint density at radius 3 is 1.67 bits per heavy atom. The lowest BCUT2D eigenvalue weighted by Crippen LogP contribution is -2.25. The second-order valence-corrected chi connectivity index (χ2v) is 13.8. The Morgan fingerprint density at radius 2 is 1.10 bits per heavy atom. The molecule has 1 nitrogen and oxygen atoms in total. The van der Waals surface area contributed by atoms with Crippen molar-refractivity contribution < 1.29 is 39.9 Å². The zero-order valence-electron chi connectivity index (χ0n) is 28.8. The highest BCUT2D eigenvalue weighted by atomic mass is 19.3. The van der Waals surface area contributed by atoms with E-state index in [1.54, 1.807) is 6.07 Å². The molecule has 0 heterocycles. The normalized spacial score (nSPS) is 16.4. The molecule has 4 aromatic rings. The number of alkyl halides is 2. The average molecular weight is 717 g/mol. The Morgan fingerprint density at radius 1 is 0.569 bits per heavy atom. The molecule has 0 atom stereocenters. The lowest BCUT2D eigenvalue weighted by atomic mass is 9.77. The second kappa shape index (κ2) is 17.6. The van der Waals surface area contributed by atoms with Crippen molar-refractivity contribution in [1.29, 1.82) is 0 Å². The summed E-state index contributed by atoms with van der Waals surface area (Å²) >= 11 is 0. The molecular weight excluding hydrogens is 672 g/mol. The van der Waals surface area contributed by atoms with Crippen molar-refractivity contribution in [1.82, 2.24) is 0 Å². The Kier molecular flexibility index (Phi) is 13.2. The lowest BCUT2D eigenvalue weighted by Gasteiger charge is -2.29. The topological polar surface area (TPSA) is 9.23 Å². The highest BCUT2D eigenvalue weighted by molar-refractivity contribution is 5.71. The molecule has 274 valence electrons. The van der Waals surface area contributed by atoms with Gasteiger partial charge in [-0.2, -0.15) is 8.78 Å². The molecule has 1 aliphatic rings. The zero-order chi connectivity index (χ0) is 36.5. The van der Waals surface area contributed by atoms with E-state index in [-0.39, 0.29) is 23.3 Å². The van der Waals surface area contributed by atoms with E-state index in [1.807, 2.05) is 12.1 Å². The van der Waals surface area contributed by atoms with Gasteiger partial charge in [0.25, 0.3) is 0 Å². The molecule has 1 saturated carbocycles. The van der Waals surface area contributed by atoms with E-state index in [0.717, 1.165) is 24.3 Å². The van der Waals surface area contributed by atoms with Crippen LogP contribution in [0.15, 0.2) is 66.7 Å². The maximum absolute atomic E-state index is 15.3. The first kappa shape index (κ1) is 38.4. The molecule has 0 aromatic heterocycles. The predicted octanol–water partition coefficient (Wildman–Crippen LogP) is 14.2. The summed E-state index contributed by atoms with van der Waals surface area (Å²) in [6, 6.07) is 13.3. The fourth-order valence-electron chi connectivity index (χ4n) is 7.20. The number of hydrogen-bond donors (Lipinski definition) is 0. The van der Waals surface area contributed by atoms with Crippen molar-refractivity contribution in [3.63, 3.8) is 0 Å². The van der Waals surface area contributed by atoms with Gasteiger partial charge in [0.2, 0.25) is 0 Å². The highest BCUT2D eigenvalue weighted by Crippen LogP contribution is 2.40. The van der Waals surface area contributed by atoms with Crippen LogP contribution in [0.3, 0.4) is 0 Å². The molecule has 0 aliphatic heterocycles. The maximum atomic E-state index is 15.3. The van der Waals surface area contributed by atoms with Gasteiger partial charge >= 0.3 is 6.11 Å². The number of rotatable bonds is 16. The van der Waals surface area contributed by atoms with E-state index in [2.05, 4.69) is 23.8 Å². The van der Waals surface area contributed by atoms with Gasteiger partial charge in [0.15, 0.2) is 17.5 Å². The summed E-state index contributed by atoms with van der Waals surface area (Å²) in [4.78, 5) is 0. The smallest absolute Gasteiger partial charge is 0.429 e. The first-order valence-electron chi connectivity index (χ1n) is 18.1. The van der Waals surface area contributed by atoms with Crippen LogP contribution >= 0.6 is 0 Å². The Bertz CT molecular complexity index is 1700. The van der Waals surface area contributed by atoms with Gasteiger partial charge < -0.3 is 4.74 Å². The minimum absolute atomic E-state index is 0.117. The van der Waals surface area contributed by atoms with E-state index < -0.39 is 52.3 Å². The van der Waals surface area contributed by atoms with Crippen LogP contribution in [0, 0.1) is 40.8 Å². The van der Waals surface area contributed by atoms with Crippen LogP contribution in [0.25, 0.3) is 22.3 Å². The summed E-state index contributed by atoms with van der Waals surface area (Å²) < 4.78 is 119. The van der Waals surface area contributed by atoms with Crippen molar-refractivity contribution in [3.05, 3.63) is 113 Å². The molecule has 51 heavy (non-hydrogen) atoms. The third kappa shape index (κ3) is 9.92. The van der Waals surface area contributed by atoms with Crippen LogP contribution in [0.4, 0.5) is 35.1 Å². The van der Waals surface area contributed by atoms with E-state index in [4.69, 9.17) is 0 Å². The van der Waals surface area contributed by atoms with Gasteiger partial charge in [-0.1, -0.05) is 108 Å². The summed E-state index contributed by atoms with van der Waals surface area (Å²) in [6.07, 6.45) is 13.4. The quantitative estimate of drug-likeness (QED) is 0.0637. The van der Waals surface area contributed by atoms with Gasteiger partial charge in [0.05, 0.1) is 0 Å². The van der Waals surface area contributed by atoms with Crippen LogP contribution in [-0.4, -0.2) is 0 Å². The lowest BCUT2D eigenvalue weighted by molar-refractivity contribution is -0.189. The number of halogens is 8. The van der Waals surface area contributed by atoms with Gasteiger partial charge in [-0.25, -0.2) is 26.3 Å². The third-order valence-electron chi connectivity index (χ3n) is 10.1. The molecule has 0 bridgehead atoms. The second-order valence-electron chi connectivity index (χ2n) is 13.8. The molecule has 0 radical (unpaired) electrons.